The minimum Gasteiger partial charge on any atom is -0.405 e. The average molecular weight is 329 g/mol. The fourth-order valence-corrected chi connectivity index (χ4v) is 3.53. The molecule has 24 heavy (non-hydrogen) atoms. The molecule has 0 heterocycles. The largest absolute Gasteiger partial charge is 0.405 e. The third-order valence-corrected chi connectivity index (χ3v) is 5.00. The molecule has 1 atom stereocenters. The van der Waals surface area contributed by atoms with Crippen molar-refractivity contribution in [2.24, 2.45) is 0 Å². The van der Waals surface area contributed by atoms with Crippen LogP contribution in [0.3, 0.4) is 0 Å². The van der Waals surface area contributed by atoms with Crippen LogP contribution in [0.2, 0.25) is 0 Å². The van der Waals surface area contributed by atoms with E-state index < -0.39 is 5.60 Å². The molecule has 0 fully saturated rings. The SMILES string of the molecule is CCC(O[Si])(c1ccccc1)c1ccc(-c2ccc(C)cc2)cc1. The molecule has 0 aliphatic heterocycles. The molecule has 0 aliphatic rings. The van der Waals surface area contributed by atoms with Gasteiger partial charge < -0.3 is 4.43 Å². The van der Waals surface area contributed by atoms with E-state index in [1.165, 1.54) is 16.7 Å². The monoisotopic (exact) mass is 329 g/mol. The number of aryl methyl sites for hydroxylation is 1. The topological polar surface area (TPSA) is 9.23 Å². The Hall–Kier alpha value is -2.16. The Morgan fingerprint density at radius 2 is 1.25 bits per heavy atom. The van der Waals surface area contributed by atoms with Crippen molar-refractivity contribution in [3.63, 3.8) is 0 Å². The molecule has 3 aromatic rings. The summed E-state index contributed by atoms with van der Waals surface area (Å²) in [5.74, 6) is 0. The Bertz CT molecular complexity index is 772. The van der Waals surface area contributed by atoms with E-state index in [1.807, 2.05) is 18.2 Å². The molecule has 0 N–H and O–H groups in total. The van der Waals surface area contributed by atoms with Crippen molar-refractivity contribution in [1.82, 2.24) is 0 Å². The number of hydrogen-bond donors (Lipinski definition) is 0. The van der Waals surface area contributed by atoms with E-state index in [2.05, 4.69) is 85.0 Å². The van der Waals surface area contributed by atoms with Crippen molar-refractivity contribution >= 4 is 10.5 Å². The van der Waals surface area contributed by atoms with E-state index >= 15 is 0 Å². The Balaban J connectivity index is 2.00. The summed E-state index contributed by atoms with van der Waals surface area (Å²) in [7, 11) is 3.33. The Morgan fingerprint density at radius 1 is 0.750 bits per heavy atom. The first-order valence-electron chi connectivity index (χ1n) is 8.27. The summed E-state index contributed by atoms with van der Waals surface area (Å²) in [5, 5.41) is 0. The maximum absolute atomic E-state index is 5.83. The van der Waals surface area contributed by atoms with Gasteiger partial charge in [-0.2, -0.15) is 0 Å². The zero-order valence-electron chi connectivity index (χ0n) is 14.1. The van der Waals surface area contributed by atoms with Crippen LogP contribution in [0.15, 0.2) is 78.9 Å². The summed E-state index contributed by atoms with van der Waals surface area (Å²) in [6, 6.07) is 27.6. The summed E-state index contributed by atoms with van der Waals surface area (Å²) in [6.07, 6.45) is 0.838. The van der Waals surface area contributed by atoms with Gasteiger partial charge in [0.25, 0.3) is 0 Å². The van der Waals surface area contributed by atoms with Gasteiger partial charge in [-0.05, 0) is 35.6 Å². The van der Waals surface area contributed by atoms with Crippen molar-refractivity contribution in [2.75, 3.05) is 0 Å². The van der Waals surface area contributed by atoms with Crippen LogP contribution in [0.1, 0.15) is 30.0 Å². The van der Waals surface area contributed by atoms with Gasteiger partial charge in [-0.3, -0.25) is 0 Å². The lowest BCUT2D eigenvalue weighted by Crippen LogP contribution is -2.29. The standard InChI is InChI=1S/C22H21OSi/c1-3-22(23-24,20-7-5-4-6-8-20)21-15-13-19(14-16-21)18-11-9-17(2)10-12-18/h4-16H,3H2,1-2H3. The molecule has 0 spiro atoms. The Labute approximate surface area is 147 Å². The maximum Gasteiger partial charge on any atom is 0.248 e. The second-order valence-corrected chi connectivity index (χ2v) is 6.30. The third-order valence-electron chi connectivity index (χ3n) is 4.65. The first-order valence-corrected chi connectivity index (χ1v) is 8.68. The molecular formula is C22H21OSi. The van der Waals surface area contributed by atoms with Gasteiger partial charge in [0.15, 0.2) is 0 Å². The number of hydrogen-bond acceptors (Lipinski definition) is 1. The van der Waals surface area contributed by atoms with Crippen molar-refractivity contribution in [2.45, 2.75) is 25.9 Å². The molecule has 3 aromatic carbocycles. The lowest BCUT2D eigenvalue weighted by Gasteiger charge is -2.33. The molecule has 0 amide bonds. The van der Waals surface area contributed by atoms with Crippen LogP contribution in [-0.2, 0) is 10.0 Å². The van der Waals surface area contributed by atoms with E-state index in [9.17, 15) is 0 Å². The molecule has 119 valence electrons. The van der Waals surface area contributed by atoms with Gasteiger partial charge in [0, 0.05) is 0 Å². The molecule has 3 rings (SSSR count). The maximum atomic E-state index is 5.83. The predicted octanol–water partition coefficient (Wildman–Crippen LogP) is 5.42. The Morgan fingerprint density at radius 3 is 1.75 bits per heavy atom. The van der Waals surface area contributed by atoms with Crippen LogP contribution in [0.25, 0.3) is 11.1 Å². The van der Waals surface area contributed by atoms with Gasteiger partial charge in [0.2, 0.25) is 10.5 Å². The summed E-state index contributed by atoms with van der Waals surface area (Å²) in [4.78, 5) is 0. The van der Waals surface area contributed by atoms with Gasteiger partial charge in [0.1, 0.15) is 5.60 Å². The molecule has 2 heteroatoms. The second-order valence-electron chi connectivity index (χ2n) is 6.09. The average Bonchev–Trinajstić information content (AvgIpc) is 2.65. The fraction of sp³-hybridized carbons (Fsp3) is 0.182. The van der Waals surface area contributed by atoms with E-state index in [1.54, 1.807) is 0 Å². The zero-order valence-corrected chi connectivity index (χ0v) is 15.1. The smallest absolute Gasteiger partial charge is 0.248 e. The Kier molecular flexibility index (Phi) is 4.98. The van der Waals surface area contributed by atoms with E-state index in [0.29, 0.717) is 0 Å². The predicted molar refractivity (Wildman–Crippen MR) is 101 cm³/mol. The quantitative estimate of drug-likeness (QED) is 0.568. The summed E-state index contributed by atoms with van der Waals surface area (Å²) >= 11 is 0. The summed E-state index contributed by atoms with van der Waals surface area (Å²) < 4.78 is 5.83. The van der Waals surface area contributed by atoms with E-state index in [0.717, 1.165) is 17.5 Å². The van der Waals surface area contributed by atoms with Gasteiger partial charge in [-0.1, -0.05) is 91.3 Å². The summed E-state index contributed by atoms with van der Waals surface area (Å²) in [6.45, 7) is 4.25. The van der Waals surface area contributed by atoms with Crippen LogP contribution < -0.4 is 0 Å². The molecule has 3 radical (unpaired) electrons. The first kappa shape index (κ1) is 16.7. The van der Waals surface area contributed by atoms with Gasteiger partial charge in [-0.15, -0.1) is 0 Å². The first-order chi connectivity index (χ1) is 11.7. The highest BCUT2D eigenvalue weighted by Gasteiger charge is 2.31. The summed E-state index contributed by atoms with van der Waals surface area (Å²) in [5.41, 5.74) is 5.52. The lowest BCUT2D eigenvalue weighted by atomic mass is 9.83. The molecule has 0 aliphatic carbocycles. The minimum absolute atomic E-state index is 0.482. The molecule has 1 nitrogen and oxygen atoms in total. The van der Waals surface area contributed by atoms with Crippen LogP contribution in [0.5, 0.6) is 0 Å². The van der Waals surface area contributed by atoms with Crippen molar-refractivity contribution in [3.8, 4) is 11.1 Å². The van der Waals surface area contributed by atoms with Crippen LogP contribution in [-0.4, -0.2) is 10.5 Å². The van der Waals surface area contributed by atoms with Crippen molar-refractivity contribution in [3.05, 3.63) is 95.6 Å². The third kappa shape index (κ3) is 3.08. The van der Waals surface area contributed by atoms with Crippen LogP contribution in [0, 0.1) is 6.92 Å². The van der Waals surface area contributed by atoms with E-state index in [-0.39, 0.29) is 0 Å². The molecule has 0 saturated carbocycles. The van der Waals surface area contributed by atoms with Gasteiger partial charge in [-0.25, -0.2) is 0 Å². The highest BCUT2D eigenvalue weighted by atomic mass is 28.2. The zero-order chi connectivity index (χ0) is 17.0. The highest BCUT2D eigenvalue weighted by Crippen LogP contribution is 2.37. The number of rotatable bonds is 5. The van der Waals surface area contributed by atoms with E-state index in [4.69, 9.17) is 4.43 Å². The molecule has 0 bridgehead atoms. The molecule has 1 unspecified atom stereocenters. The second kappa shape index (κ2) is 7.16. The molecule has 0 saturated heterocycles. The van der Waals surface area contributed by atoms with Gasteiger partial charge in [0.05, 0.1) is 0 Å². The number of benzene rings is 3. The van der Waals surface area contributed by atoms with Crippen LogP contribution in [0.4, 0.5) is 0 Å². The lowest BCUT2D eigenvalue weighted by molar-refractivity contribution is 0.120. The highest BCUT2D eigenvalue weighted by molar-refractivity contribution is 5.98. The van der Waals surface area contributed by atoms with Gasteiger partial charge >= 0.3 is 0 Å². The fourth-order valence-electron chi connectivity index (χ4n) is 3.15. The molecule has 0 aromatic heterocycles. The van der Waals surface area contributed by atoms with Crippen molar-refractivity contribution in [1.29, 1.82) is 0 Å². The minimum atomic E-state index is -0.482. The normalized spacial score (nSPS) is 13.5. The molecular weight excluding hydrogens is 308 g/mol. The van der Waals surface area contributed by atoms with Crippen molar-refractivity contribution < 1.29 is 4.43 Å². The van der Waals surface area contributed by atoms with Crippen LogP contribution >= 0.6 is 0 Å².